The molecule has 1 aliphatic rings. The van der Waals surface area contributed by atoms with Gasteiger partial charge in [0.1, 0.15) is 6.54 Å². The third-order valence-electron chi connectivity index (χ3n) is 5.55. The van der Waals surface area contributed by atoms with Crippen LogP contribution in [0.3, 0.4) is 0 Å². The molecule has 1 aliphatic heterocycles. The highest BCUT2D eigenvalue weighted by Gasteiger charge is 2.35. The standard InChI is InChI=1S/C22H25ClF3N3O3S/c1-16(2)27-10-12-28(13-11-27)21(30)15-29(33(31,32)18-6-4-3-5-7-18)20-14-17(22(24,25)26)8-9-19(20)23/h3-9,14,16H,10-13,15H2,1-2H3. The lowest BCUT2D eigenvalue weighted by atomic mass is 10.2. The van der Waals surface area contributed by atoms with E-state index >= 15 is 0 Å². The van der Waals surface area contributed by atoms with Crippen molar-refractivity contribution in [3.05, 3.63) is 59.1 Å². The van der Waals surface area contributed by atoms with Gasteiger partial charge in [-0.05, 0) is 44.2 Å². The zero-order valence-electron chi connectivity index (χ0n) is 18.2. The van der Waals surface area contributed by atoms with Gasteiger partial charge in [0.05, 0.1) is 21.2 Å². The molecule has 3 rings (SSSR count). The lowest BCUT2D eigenvalue weighted by Crippen LogP contribution is -2.53. The second kappa shape index (κ2) is 9.90. The predicted molar refractivity (Wildman–Crippen MR) is 121 cm³/mol. The molecule has 0 atom stereocenters. The van der Waals surface area contributed by atoms with Crippen molar-refractivity contribution < 1.29 is 26.4 Å². The Kier molecular flexibility index (Phi) is 7.60. The van der Waals surface area contributed by atoms with Crippen molar-refractivity contribution in [2.75, 3.05) is 37.0 Å². The van der Waals surface area contributed by atoms with Gasteiger partial charge in [-0.1, -0.05) is 29.8 Å². The molecule has 0 radical (unpaired) electrons. The fourth-order valence-electron chi connectivity index (χ4n) is 3.61. The number of hydrogen-bond donors (Lipinski definition) is 0. The van der Waals surface area contributed by atoms with Crippen LogP contribution in [-0.2, 0) is 21.0 Å². The zero-order valence-corrected chi connectivity index (χ0v) is 19.8. The van der Waals surface area contributed by atoms with Crippen LogP contribution < -0.4 is 4.31 Å². The first kappa shape index (κ1) is 25.3. The molecule has 0 bridgehead atoms. The molecule has 180 valence electrons. The molecule has 0 aliphatic carbocycles. The molecule has 2 aromatic carbocycles. The van der Waals surface area contributed by atoms with Crippen molar-refractivity contribution >= 4 is 33.2 Å². The van der Waals surface area contributed by atoms with Gasteiger partial charge in [-0.3, -0.25) is 14.0 Å². The van der Waals surface area contributed by atoms with Crippen LogP contribution in [0.25, 0.3) is 0 Å². The Labute approximate surface area is 196 Å². The van der Waals surface area contributed by atoms with Crippen LogP contribution >= 0.6 is 11.6 Å². The maximum Gasteiger partial charge on any atom is 0.416 e. The second-order valence-corrected chi connectivity index (χ2v) is 10.3. The number of benzene rings is 2. The number of alkyl halides is 3. The molecule has 11 heteroatoms. The minimum Gasteiger partial charge on any atom is -0.339 e. The summed E-state index contributed by atoms with van der Waals surface area (Å²) in [4.78, 5) is 16.6. The first-order chi connectivity index (χ1) is 15.4. The van der Waals surface area contributed by atoms with E-state index in [1.165, 1.54) is 29.2 Å². The number of halogens is 4. The molecule has 1 saturated heterocycles. The summed E-state index contributed by atoms with van der Waals surface area (Å²) < 4.78 is 67.5. The summed E-state index contributed by atoms with van der Waals surface area (Å²) in [6.45, 7) is 5.46. The average molecular weight is 504 g/mol. The highest BCUT2D eigenvalue weighted by molar-refractivity contribution is 7.92. The molecule has 1 fully saturated rings. The third kappa shape index (κ3) is 5.80. The molecular formula is C22H25ClF3N3O3S. The first-order valence-corrected chi connectivity index (χ1v) is 12.2. The van der Waals surface area contributed by atoms with Gasteiger partial charge in [0, 0.05) is 32.2 Å². The molecule has 6 nitrogen and oxygen atoms in total. The minimum absolute atomic E-state index is 0.157. The van der Waals surface area contributed by atoms with Crippen LogP contribution in [-0.4, -0.2) is 62.9 Å². The average Bonchev–Trinajstić information content (AvgIpc) is 2.77. The van der Waals surface area contributed by atoms with Crippen LogP contribution in [0.15, 0.2) is 53.4 Å². The summed E-state index contributed by atoms with van der Waals surface area (Å²) in [5, 5.41) is -0.208. The van der Waals surface area contributed by atoms with Gasteiger partial charge in [0.25, 0.3) is 10.0 Å². The van der Waals surface area contributed by atoms with Gasteiger partial charge >= 0.3 is 6.18 Å². The van der Waals surface area contributed by atoms with E-state index in [-0.39, 0.29) is 9.92 Å². The SMILES string of the molecule is CC(C)N1CCN(C(=O)CN(c2cc(C(F)(F)F)ccc2Cl)S(=O)(=O)c2ccccc2)CC1. The van der Waals surface area contributed by atoms with Crippen molar-refractivity contribution in [1.29, 1.82) is 0 Å². The molecule has 0 spiro atoms. The second-order valence-electron chi connectivity index (χ2n) is 8.00. The van der Waals surface area contributed by atoms with Gasteiger partial charge in [-0.15, -0.1) is 0 Å². The number of amides is 1. The highest BCUT2D eigenvalue weighted by Crippen LogP contribution is 2.37. The Morgan fingerprint density at radius 2 is 1.67 bits per heavy atom. The quantitative estimate of drug-likeness (QED) is 0.595. The van der Waals surface area contributed by atoms with Crippen molar-refractivity contribution in [3.8, 4) is 0 Å². The Morgan fingerprint density at radius 3 is 2.21 bits per heavy atom. The van der Waals surface area contributed by atoms with Gasteiger partial charge in [0.15, 0.2) is 0 Å². The van der Waals surface area contributed by atoms with Gasteiger partial charge in [0.2, 0.25) is 5.91 Å². The number of carbonyl (C=O) groups is 1. The van der Waals surface area contributed by atoms with Gasteiger partial charge in [-0.2, -0.15) is 13.2 Å². The predicted octanol–water partition coefficient (Wildman–Crippen LogP) is 4.11. The molecule has 1 heterocycles. The minimum atomic E-state index is -4.71. The fourth-order valence-corrected chi connectivity index (χ4v) is 5.33. The van der Waals surface area contributed by atoms with Crippen LogP contribution in [0.2, 0.25) is 5.02 Å². The summed E-state index contributed by atoms with van der Waals surface area (Å²) in [5.74, 6) is -0.508. The molecule has 1 amide bonds. The maximum absolute atomic E-state index is 13.4. The highest BCUT2D eigenvalue weighted by atomic mass is 35.5. The van der Waals surface area contributed by atoms with E-state index in [9.17, 15) is 26.4 Å². The molecule has 0 N–H and O–H groups in total. The molecule has 0 unspecified atom stereocenters. The number of piperazine rings is 1. The van der Waals surface area contributed by atoms with Gasteiger partial charge in [-0.25, -0.2) is 8.42 Å². The Balaban J connectivity index is 1.98. The number of hydrogen-bond acceptors (Lipinski definition) is 4. The smallest absolute Gasteiger partial charge is 0.339 e. The lowest BCUT2D eigenvalue weighted by molar-refractivity contribution is -0.137. The summed E-state index contributed by atoms with van der Waals surface area (Å²) in [5.41, 5.74) is -1.46. The Morgan fingerprint density at radius 1 is 1.06 bits per heavy atom. The molecule has 0 aromatic heterocycles. The Bertz CT molecular complexity index is 1090. The summed E-state index contributed by atoms with van der Waals surface area (Å²) in [6, 6.07) is 9.95. The number of sulfonamides is 1. The summed E-state index contributed by atoms with van der Waals surface area (Å²) in [7, 11) is -4.37. The fraction of sp³-hybridized carbons (Fsp3) is 0.409. The zero-order chi connectivity index (χ0) is 24.4. The third-order valence-corrected chi connectivity index (χ3v) is 7.64. The molecule has 0 saturated carbocycles. The van der Waals surface area contributed by atoms with E-state index in [1.54, 1.807) is 6.07 Å². The monoisotopic (exact) mass is 503 g/mol. The Hall–Kier alpha value is -2.30. The normalized spacial score (nSPS) is 15.7. The van der Waals surface area contributed by atoms with Crippen LogP contribution in [0.1, 0.15) is 19.4 Å². The summed E-state index contributed by atoms with van der Waals surface area (Å²) in [6.07, 6.45) is -4.71. The maximum atomic E-state index is 13.4. The molecule has 2 aromatic rings. The lowest BCUT2D eigenvalue weighted by Gasteiger charge is -2.37. The van der Waals surface area contributed by atoms with E-state index in [0.29, 0.717) is 42.6 Å². The van der Waals surface area contributed by atoms with Crippen LogP contribution in [0.4, 0.5) is 18.9 Å². The number of nitrogens with zero attached hydrogens (tertiary/aromatic N) is 3. The van der Waals surface area contributed by atoms with Crippen molar-refractivity contribution in [3.63, 3.8) is 0 Å². The molecule has 33 heavy (non-hydrogen) atoms. The van der Waals surface area contributed by atoms with E-state index in [1.807, 2.05) is 13.8 Å². The van der Waals surface area contributed by atoms with E-state index < -0.39 is 39.9 Å². The van der Waals surface area contributed by atoms with Crippen LogP contribution in [0.5, 0.6) is 0 Å². The number of rotatable bonds is 6. The largest absolute Gasteiger partial charge is 0.416 e. The van der Waals surface area contributed by atoms with Crippen molar-refractivity contribution in [2.24, 2.45) is 0 Å². The molecular weight excluding hydrogens is 479 g/mol. The van der Waals surface area contributed by atoms with Crippen LogP contribution in [0, 0.1) is 0 Å². The summed E-state index contributed by atoms with van der Waals surface area (Å²) >= 11 is 6.15. The first-order valence-electron chi connectivity index (χ1n) is 10.4. The number of carbonyl (C=O) groups excluding carboxylic acids is 1. The van der Waals surface area contributed by atoms with Crippen molar-refractivity contribution in [1.82, 2.24) is 9.80 Å². The number of anilines is 1. The van der Waals surface area contributed by atoms with E-state index in [2.05, 4.69) is 4.90 Å². The van der Waals surface area contributed by atoms with Gasteiger partial charge < -0.3 is 4.90 Å². The van der Waals surface area contributed by atoms with E-state index in [4.69, 9.17) is 11.6 Å². The van der Waals surface area contributed by atoms with Crippen molar-refractivity contribution in [2.45, 2.75) is 31.0 Å². The topological polar surface area (TPSA) is 60.9 Å². The van der Waals surface area contributed by atoms with E-state index in [0.717, 1.165) is 12.1 Å².